The number of carbonyl (C=O) groups excluding carboxylic acids is 6. The van der Waals surface area contributed by atoms with Gasteiger partial charge in [-0.25, -0.2) is 0 Å². The Morgan fingerprint density at radius 1 is 0.830 bits per heavy atom. The molecule has 258 valence electrons. The molecule has 6 amide bonds. The van der Waals surface area contributed by atoms with Crippen LogP contribution in [-0.2, 0) is 40.0 Å². The van der Waals surface area contributed by atoms with E-state index in [0.717, 1.165) is 0 Å². The molecule has 47 heavy (non-hydrogen) atoms. The molecule has 1 fully saturated rings. The minimum Gasteiger partial charge on any atom is -0.481 e. The summed E-state index contributed by atoms with van der Waals surface area (Å²) < 4.78 is 0. The predicted molar refractivity (Wildman–Crippen MR) is 170 cm³/mol. The largest absolute Gasteiger partial charge is 0.481 e. The van der Waals surface area contributed by atoms with Crippen molar-refractivity contribution in [3.8, 4) is 0 Å². The maximum absolute atomic E-state index is 13.7. The molecule has 0 aliphatic carbocycles. The van der Waals surface area contributed by atoms with Crippen LogP contribution < -0.4 is 43.4 Å². The van der Waals surface area contributed by atoms with E-state index >= 15 is 0 Å². The minimum absolute atomic E-state index is 0.0169. The Morgan fingerprint density at radius 2 is 1.43 bits per heavy atom. The number of carboxylic acid groups (broad SMARTS) is 1. The fourth-order valence-corrected chi connectivity index (χ4v) is 4.66. The standard InChI is InChI=1S/C30H45N9O8/c1-2-23(40)33-13-7-6-11-20-27(45)37-19(12-8-14-34-30(31)32)26(44)35-17-24(41)36-22(16-25(42)43)29(47)39-21(28(46)38-20)15-18-9-4-3-5-10-18/h3-5,9-10,19-22H,2,6-8,11-17H2,1H3,(H,33,40)(H,35,44)(H,36,41)(H,37,45)(H,38,46)(H,39,47)(H,42,43)(H4,31,32,34)/t19-,20?,21?,22-/m0/s1. The third-order valence-electron chi connectivity index (χ3n) is 7.14. The highest BCUT2D eigenvalue weighted by Crippen LogP contribution is 2.09. The molecule has 17 nitrogen and oxygen atoms in total. The summed E-state index contributed by atoms with van der Waals surface area (Å²) >= 11 is 0. The van der Waals surface area contributed by atoms with Crippen molar-refractivity contribution >= 4 is 47.4 Å². The molecule has 1 aromatic rings. The molecule has 1 aliphatic rings. The second-order valence-corrected chi connectivity index (χ2v) is 11.0. The van der Waals surface area contributed by atoms with Gasteiger partial charge in [0.1, 0.15) is 24.2 Å². The number of carboxylic acids is 1. The maximum atomic E-state index is 13.7. The van der Waals surface area contributed by atoms with Crippen LogP contribution in [0.15, 0.2) is 35.3 Å². The van der Waals surface area contributed by atoms with Crippen LogP contribution in [0.4, 0.5) is 0 Å². The van der Waals surface area contributed by atoms with Crippen LogP contribution in [0.1, 0.15) is 57.4 Å². The molecule has 2 unspecified atom stereocenters. The van der Waals surface area contributed by atoms with Crippen molar-refractivity contribution in [2.45, 2.75) is 82.5 Å². The number of aliphatic carboxylic acids is 1. The van der Waals surface area contributed by atoms with Crippen molar-refractivity contribution in [2.24, 2.45) is 16.5 Å². The summed E-state index contributed by atoms with van der Waals surface area (Å²) in [5.41, 5.74) is 11.4. The van der Waals surface area contributed by atoms with Gasteiger partial charge in [0, 0.05) is 25.9 Å². The van der Waals surface area contributed by atoms with E-state index in [9.17, 15) is 38.7 Å². The minimum atomic E-state index is -1.57. The summed E-state index contributed by atoms with van der Waals surface area (Å²) in [7, 11) is 0. The average Bonchev–Trinajstić information content (AvgIpc) is 3.03. The van der Waals surface area contributed by atoms with Crippen molar-refractivity contribution < 1.29 is 38.7 Å². The zero-order valence-corrected chi connectivity index (χ0v) is 26.4. The molecule has 0 bridgehead atoms. The number of guanidine groups is 1. The number of nitrogens with one attached hydrogen (secondary N) is 6. The molecule has 0 spiro atoms. The average molecular weight is 660 g/mol. The first kappa shape index (κ1) is 38.0. The zero-order valence-electron chi connectivity index (χ0n) is 26.4. The molecular weight excluding hydrogens is 614 g/mol. The van der Waals surface area contributed by atoms with Gasteiger partial charge in [0.15, 0.2) is 5.96 Å². The van der Waals surface area contributed by atoms with Gasteiger partial charge in [-0.1, -0.05) is 37.3 Å². The monoisotopic (exact) mass is 659 g/mol. The van der Waals surface area contributed by atoms with Crippen LogP contribution in [0.25, 0.3) is 0 Å². The first-order valence-corrected chi connectivity index (χ1v) is 15.5. The summed E-state index contributed by atoms with van der Waals surface area (Å²) in [6.45, 7) is 1.60. The number of unbranched alkanes of at least 4 members (excludes halogenated alkanes) is 1. The van der Waals surface area contributed by atoms with Crippen molar-refractivity contribution in [3.63, 3.8) is 0 Å². The Balaban J connectivity index is 2.42. The number of hydrogen-bond donors (Lipinski definition) is 9. The Morgan fingerprint density at radius 3 is 2.06 bits per heavy atom. The number of rotatable bonds is 14. The lowest BCUT2D eigenvalue weighted by atomic mass is 10.0. The third-order valence-corrected chi connectivity index (χ3v) is 7.14. The van der Waals surface area contributed by atoms with Gasteiger partial charge in [-0.15, -0.1) is 0 Å². The molecule has 4 atom stereocenters. The lowest BCUT2D eigenvalue weighted by Crippen LogP contribution is -2.58. The van der Waals surface area contributed by atoms with Crippen LogP contribution in [0, 0.1) is 0 Å². The Labute approximate surface area is 272 Å². The quantitative estimate of drug-likeness (QED) is 0.0576. The maximum Gasteiger partial charge on any atom is 0.305 e. The number of amides is 6. The van der Waals surface area contributed by atoms with E-state index in [1.807, 2.05) is 0 Å². The first-order valence-electron chi connectivity index (χ1n) is 15.5. The smallest absolute Gasteiger partial charge is 0.305 e. The lowest BCUT2D eigenvalue weighted by Gasteiger charge is -2.26. The van der Waals surface area contributed by atoms with Gasteiger partial charge in [-0.05, 0) is 37.7 Å². The molecule has 17 heteroatoms. The number of aliphatic imine (C=N–C) groups is 1. The number of carbonyl (C=O) groups is 7. The van der Waals surface area contributed by atoms with E-state index < -0.39 is 72.6 Å². The van der Waals surface area contributed by atoms with E-state index in [1.54, 1.807) is 37.3 Å². The van der Waals surface area contributed by atoms with E-state index in [0.29, 0.717) is 31.4 Å². The molecule has 1 aliphatic heterocycles. The van der Waals surface area contributed by atoms with Gasteiger partial charge in [-0.2, -0.15) is 0 Å². The fourth-order valence-electron chi connectivity index (χ4n) is 4.66. The van der Waals surface area contributed by atoms with Crippen LogP contribution >= 0.6 is 0 Å². The van der Waals surface area contributed by atoms with Gasteiger partial charge in [0.25, 0.3) is 0 Å². The zero-order chi connectivity index (χ0) is 34.8. The molecule has 0 saturated carbocycles. The molecule has 1 saturated heterocycles. The molecule has 0 radical (unpaired) electrons. The SMILES string of the molecule is CCC(=O)NCCCCC1NC(=O)C(Cc2ccccc2)NC(=O)[C@H](CC(=O)O)NC(=O)CNC(=O)[C@H](CCCN=C(N)N)NC1=O. The van der Waals surface area contributed by atoms with Gasteiger partial charge < -0.3 is 48.5 Å². The molecule has 0 aromatic heterocycles. The van der Waals surface area contributed by atoms with E-state index in [4.69, 9.17) is 11.5 Å². The molecule has 1 heterocycles. The Bertz CT molecular complexity index is 1290. The van der Waals surface area contributed by atoms with Crippen molar-refractivity contribution in [2.75, 3.05) is 19.6 Å². The molecular formula is C30H45N9O8. The Hall–Kier alpha value is -5.22. The number of hydrogen-bond acceptors (Lipinski definition) is 8. The van der Waals surface area contributed by atoms with Crippen LogP contribution in [-0.4, -0.2) is 96.3 Å². The van der Waals surface area contributed by atoms with Crippen molar-refractivity contribution in [3.05, 3.63) is 35.9 Å². The molecule has 1 aromatic carbocycles. The van der Waals surface area contributed by atoms with Crippen LogP contribution in [0.5, 0.6) is 0 Å². The third kappa shape index (κ3) is 14.6. The van der Waals surface area contributed by atoms with Gasteiger partial charge in [0.2, 0.25) is 35.4 Å². The normalized spacial score (nSPS) is 21.0. The number of benzene rings is 1. The highest BCUT2D eigenvalue weighted by Gasteiger charge is 2.33. The fraction of sp³-hybridized carbons (Fsp3) is 0.533. The van der Waals surface area contributed by atoms with Crippen LogP contribution in [0.3, 0.4) is 0 Å². The first-order chi connectivity index (χ1) is 22.4. The molecule has 11 N–H and O–H groups in total. The topological polar surface area (TPSA) is 276 Å². The predicted octanol–water partition coefficient (Wildman–Crippen LogP) is -2.48. The van der Waals surface area contributed by atoms with E-state index in [1.165, 1.54) is 0 Å². The lowest BCUT2D eigenvalue weighted by molar-refractivity contribution is -0.141. The van der Waals surface area contributed by atoms with Crippen LogP contribution in [0.2, 0.25) is 0 Å². The van der Waals surface area contributed by atoms with E-state index in [-0.39, 0.29) is 44.1 Å². The summed E-state index contributed by atoms with van der Waals surface area (Å²) in [5.74, 6) is -5.64. The van der Waals surface area contributed by atoms with Gasteiger partial charge in [-0.3, -0.25) is 38.6 Å². The highest BCUT2D eigenvalue weighted by atomic mass is 16.4. The number of nitrogens with two attached hydrogens (primary N) is 2. The summed E-state index contributed by atoms with van der Waals surface area (Å²) in [6.07, 6.45) is 0.854. The van der Waals surface area contributed by atoms with Gasteiger partial charge >= 0.3 is 5.97 Å². The summed E-state index contributed by atoms with van der Waals surface area (Å²) in [5, 5.41) is 24.7. The highest BCUT2D eigenvalue weighted by molar-refractivity contribution is 5.98. The summed E-state index contributed by atoms with van der Waals surface area (Å²) in [4.78, 5) is 93.4. The summed E-state index contributed by atoms with van der Waals surface area (Å²) in [6, 6.07) is 3.53. The van der Waals surface area contributed by atoms with Crippen molar-refractivity contribution in [1.29, 1.82) is 0 Å². The second kappa shape index (κ2) is 20.0. The van der Waals surface area contributed by atoms with Gasteiger partial charge in [0.05, 0.1) is 13.0 Å². The van der Waals surface area contributed by atoms with Crippen molar-refractivity contribution in [1.82, 2.24) is 31.9 Å². The molecule has 2 rings (SSSR count). The Kier molecular flexibility index (Phi) is 16.2. The number of nitrogens with zero attached hydrogens (tertiary/aromatic N) is 1. The van der Waals surface area contributed by atoms with E-state index in [2.05, 4.69) is 36.9 Å². The second-order valence-electron chi connectivity index (χ2n) is 11.0.